The van der Waals surface area contributed by atoms with E-state index in [1.165, 1.54) is 31.0 Å². The fourth-order valence-electron chi connectivity index (χ4n) is 7.29. The molecule has 4 saturated carbocycles. The number of fused-ring (bicyclic) bond motifs is 1. The average Bonchev–Trinajstić information content (AvgIpc) is 3.19. The SMILES string of the molecule is O=C(CSc1ccccc1C(=O)OCCCn1c(=O)[nH]c2ccccc21)NC12CC3CC(CC(C3)C1)C2. The Morgan fingerprint density at radius 3 is 2.43 bits per heavy atom. The molecule has 8 heteroatoms. The Kier molecular flexibility index (Phi) is 6.61. The number of nitrogens with zero attached hydrogens (tertiary/aromatic N) is 1. The van der Waals surface area contributed by atoms with Crippen molar-refractivity contribution >= 4 is 34.7 Å². The number of hydrogen-bond donors (Lipinski definition) is 2. The third-order valence-corrected chi connectivity index (χ3v) is 9.42. The number of H-pyrrole nitrogens is 1. The molecule has 0 saturated heterocycles. The van der Waals surface area contributed by atoms with Crippen LogP contribution in [-0.2, 0) is 16.1 Å². The van der Waals surface area contributed by atoms with Gasteiger partial charge in [-0.15, -0.1) is 11.8 Å². The van der Waals surface area contributed by atoms with Crippen molar-refractivity contribution in [1.82, 2.24) is 14.9 Å². The molecule has 194 valence electrons. The highest BCUT2D eigenvalue weighted by molar-refractivity contribution is 8.00. The smallest absolute Gasteiger partial charge is 0.339 e. The number of aryl methyl sites for hydroxylation is 1. The highest BCUT2D eigenvalue weighted by atomic mass is 32.2. The lowest BCUT2D eigenvalue weighted by atomic mass is 9.53. The maximum absolute atomic E-state index is 12.9. The number of amides is 1. The summed E-state index contributed by atoms with van der Waals surface area (Å²) in [4.78, 5) is 41.6. The Morgan fingerprint density at radius 2 is 1.68 bits per heavy atom. The number of hydrogen-bond acceptors (Lipinski definition) is 5. The van der Waals surface area contributed by atoms with Gasteiger partial charge in [-0.1, -0.05) is 24.3 Å². The second-order valence-electron chi connectivity index (χ2n) is 11.1. The van der Waals surface area contributed by atoms with E-state index in [2.05, 4.69) is 10.3 Å². The van der Waals surface area contributed by atoms with Gasteiger partial charge in [-0.3, -0.25) is 9.36 Å². The molecule has 3 aromatic rings. The standard InChI is InChI=1S/C29H33N3O4S/c33-26(31-29-15-19-12-20(16-29)14-21(13-19)17-29)18-37-25-9-4-1-6-22(25)27(34)36-11-5-10-32-24-8-3-2-7-23(24)30-28(32)35/h1-4,6-9,19-21H,5,10-18H2,(H,30,35)(H,31,33). The Hall–Kier alpha value is -3.00. The number of nitrogens with one attached hydrogen (secondary N) is 2. The predicted octanol–water partition coefficient (Wildman–Crippen LogP) is 4.75. The molecule has 0 atom stereocenters. The first-order valence-corrected chi connectivity index (χ1v) is 14.3. The molecule has 7 rings (SSSR count). The van der Waals surface area contributed by atoms with E-state index in [4.69, 9.17) is 4.74 Å². The summed E-state index contributed by atoms with van der Waals surface area (Å²) in [5, 5.41) is 3.41. The first-order valence-electron chi connectivity index (χ1n) is 13.4. The summed E-state index contributed by atoms with van der Waals surface area (Å²) in [5.74, 6) is 2.28. The molecule has 1 amide bonds. The quantitative estimate of drug-likeness (QED) is 0.242. The number of thioether (sulfide) groups is 1. The minimum atomic E-state index is -0.407. The van der Waals surface area contributed by atoms with Crippen molar-refractivity contribution in [3.63, 3.8) is 0 Å². The number of rotatable bonds is 9. The number of carbonyl (C=O) groups excluding carboxylic acids is 2. The van der Waals surface area contributed by atoms with Crippen LogP contribution in [0.1, 0.15) is 55.3 Å². The van der Waals surface area contributed by atoms with Crippen molar-refractivity contribution in [3.8, 4) is 0 Å². The molecule has 4 aliphatic rings. The zero-order chi connectivity index (χ0) is 25.4. The predicted molar refractivity (Wildman–Crippen MR) is 144 cm³/mol. The van der Waals surface area contributed by atoms with E-state index in [0.29, 0.717) is 18.5 Å². The van der Waals surface area contributed by atoms with Crippen LogP contribution in [0.3, 0.4) is 0 Å². The zero-order valence-electron chi connectivity index (χ0n) is 20.9. The number of aromatic amines is 1. The van der Waals surface area contributed by atoms with Gasteiger partial charge in [-0.2, -0.15) is 0 Å². The van der Waals surface area contributed by atoms with Gasteiger partial charge in [0.05, 0.1) is 29.0 Å². The van der Waals surface area contributed by atoms with E-state index in [9.17, 15) is 14.4 Å². The molecule has 0 aliphatic heterocycles. The molecule has 0 spiro atoms. The third kappa shape index (κ3) is 5.08. The highest BCUT2D eigenvalue weighted by Crippen LogP contribution is 2.55. The van der Waals surface area contributed by atoms with Gasteiger partial charge in [0.1, 0.15) is 0 Å². The third-order valence-electron chi connectivity index (χ3n) is 8.35. The van der Waals surface area contributed by atoms with E-state index in [1.54, 1.807) is 10.6 Å². The summed E-state index contributed by atoms with van der Waals surface area (Å²) in [5.41, 5.74) is 1.94. The van der Waals surface area contributed by atoms with Crippen LogP contribution >= 0.6 is 11.8 Å². The Labute approximate surface area is 220 Å². The Morgan fingerprint density at radius 1 is 1.00 bits per heavy atom. The van der Waals surface area contributed by atoms with Crippen LogP contribution in [0.4, 0.5) is 0 Å². The number of imidazole rings is 1. The monoisotopic (exact) mass is 519 g/mol. The van der Waals surface area contributed by atoms with Gasteiger partial charge < -0.3 is 15.0 Å². The molecule has 4 fully saturated rings. The summed E-state index contributed by atoms with van der Waals surface area (Å²) in [7, 11) is 0. The molecule has 7 nitrogen and oxygen atoms in total. The minimum Gasteiger partial charge on any atom is -0.462 e. The molecule has 2 aromatic carbocycles. The fraction of sp³-hybridized carbons (Fsp3) is 0.483. The summed E-state index contributed by atoms with van der Waals surface area (Å²) in [6, 6.07) is 14.8. The summed E-state index contributed by atoms with van der Waals surface area (Å²) >= 11 is 1.39. The van der Waals surface area contributed by atoms with Crippen LogP contribution in [-0.4, -0.2) is 39.3 Å². The topological polar surface area (TPSA) is 93.2 Å². The van der Waals surface area contributed by atoms with Gasteiger partial charge in [0.2, 0.25) is 5.91 Å². The number of para-hydroxylation sites is 2. The summed E-state index contributed by atoms with van der Waals surface area (Å²) < 4.78 is 7.20. The van der Waals surface area contributed by atoms with Gasteiger partial charge in [0, 0.05) is 17.0 Å². The summed E-state index contributed by atoms with van der Waals surface area (Å²) in [6.45, 7) is 0.660. The number of carbonyl (C=O) groups is 2. The van der Waals surface area contributed by atoms with Crippen LogP contribution < -0.4 is 11.0 Å². The van der Waals surface area contributed by atoms with Gasteiger partial charge in [0.15, 0.2) is 0 Å². The molecule has 0 unspecified atom stereocenters. The van der Waals surface area contributed by atoms with Gasteiger partial charge >= 0.3 is 11.7 Å². The van der Waals surface area contributed by atoms with Crippen molar-refractivity contribution in [2.45, 2.75) is 61.9 Å². The van der Waals surface area contributed by atoms with Crippen LogP contribution in [0.2, 0.25) is 0 Å². The number of esters is 1. The maximum atomic E-state index is 12.9. The van der Waals surface area contributed by atoms with Crippen LogP contribution in [0.5, 0.6) is 0 Å². The van der Waals surface area contributed by atoms with Crippen LogP contribution in [0.25, 0.3) is 11.0 Å². The van der Waals surface area contributed by atoms with Crippen molar-refractivity contribution in [2.75, 3.05) is 12.4 Å². The maximum Gasteiger partial charge on any atom is 0.339 e. The normalized spacial score (nSPS) is 25.9. The second kappa shape index (κ2) is 10.0. The second-order valence-corrected chi connectivity index (χ2v) is 12.1. The van der Waals surface area contributed by atoms with Crippen LogP contribution in [0.15, 0.2) is 58.2 Å². The number of aromatic nitrogens is 2. The van der Waals surface area contributed by atoms with E-state index in [0.717, 1.165) is 52.9 Å². The molecule has 37 heavy (non-hydrogen) atoms. The molecule has 0 radical (unpaired) electrons. The van der Waals surface area contributed by atoms with Gasteiger partial charge in [-0.25, -0.2) is 9.59 Å². The van der Waals surface area contributed by atoms with Gasteiger partial charge in [-0.05, 0) is 87.0 Å². The van der Waals surface area contributed by atoms with Crippen molar-refractivity contribution < 1.29 is 14.3 Å². The van der Waals surface area contributed by atoms with E-state index < -0.39 is 5.97 Å². The molecule has 2 N–H and O–H groups in total. The minimum absolute atomic E-state index is 0.00238. The van der Waals surface area contributed by atoms with Gasteiger partial charge in [0.25, 0.3) is 0 Å². The zero-order valence-corrected chi connectivity index (χ0v) is 21.7. The molecule has 1 heterocycles. The highest BCUT2D eigenvalue weighted by Gasteiger charge is 2.51. The lowest BCUT2D eigenvalue weighted by Gasteiger charge is -2.56. The first-order chi connectivity index (χ1) is 18.0. The first kappa shape index (κ1) is 24.3. The van der Waals surface area contributed by atoms with Crippen molar-refractivity contribution in [2.24, 2.45) is 17.8 Å². The molecule has 4 aliphatic carbocycles. The average molecular weight is 520 g/mol. The van der Waals surface area contributed by atoms with Crippen LogP contribution in [0, 0.1) is 17.8 Å². The lowest BCUT2D eigenvalue weighted by Crippen LogP contribution is -2.60. The summed E-state index contributed by atoms with van der Waals surface area (Å²) in [6.07, 6.45) is 7.94. The largest absolute Gasteiger partial charge is 0.462 e. The molecular weight excluding hydrogens is 486 g/mol. The van der Waals surface area contributed by atoms with E-state index >= 15 is 0 Å². The fourth-order valence-corrected chi connectivity index (χ4v) is 8.13. The van der Waals surface area contributed by atoms with Crippen molar-refractivity contribution in [3.05, 3.63) is 64.6 Å². The van der Waals surface area contributed by atoms with Crippen molar-refractivity contribution in [1.29, 1.82) is 0 Å². The molecule has 4 bridgehead atoms. The van der Waals surface area contributed by atoms with E-state index in [-0.39, 0.29) is 29.5 Å². The molecular formula is C29H33N3O4S. The number of ether oxygens (including phenoxy) is 1. The molecule has 1 aromatic heterocycles. The lowest BCUT2D eigenvalue weighted by molar-refractivity contribution is -0.124. The Bertz CT molecular complexity index is 1340. The Balaban J connectivity index is 1.01. The number of benzene rings is 2. The van der Waals surface area contributed by atoms with E-state index in [1.807, 2.05) is 42.5 Å².